The SMILES string of the molecule is O=S(=O)(c1ccc(F)c(Cl)c1)N1CCOC(COc2cc(F)ccc2F)C1. The van der Waals surface area contributed by atoms with Gasteiger partial charge in [-0.1, -0.05) is 11.6 Å². The van der Waals surface area contributed by atoms with Crippen molar-refractivity contribution in [3.63, 3.8) is 0 Å². The average molecular weight is 422 g/mol. The number of rotatable bonds is 5. The fourth-order valence-corrected chi connectivity index (χ4v) is 4.30. The Bertz CT molecular complexity index is 942. The van der Waals surface area contributed by atoms with Gasteiger partial charge in [0.25, 0.3) is 0 Å². The van der Waals surface area contributed by atoms with Crippen molar-refractivity contribution in [1.82, 2.24) is 4.31 Å². The number of ether oxygens (including phenoxy) is 2. The van der Waals surface area contributed by atoms with Crippen LogP contribution in [0.25, 0.3) is 0 Å². The zero-order chi connectivity index (χ0) is 19.6. The van der Waals surface area contributed by atoms with Crippen molar-refractivity contribution in [2.75, 3.05) is 26.3 Å². The molecule has 1 fully saturated rings. The van der Waals surface area contributed by atoms with Crippen LogP contribution < -0.4 is 4.74 Å². The first kappa shape index (κ1) is 19.9. The Hall–Kier alpha value is -1.81. The average Bonchev–Trinajstić information content (AvgIpc) is 2.65. The molecule has 5 nitrogen and oxygen atoms in total. The number of hydrogen-bond donors (Lipinski definition) is 0. The zero-order valence-electron chi connectivity index (χ0n) is 13.9. The normalized spacial score (nSPS) is 18.4. The van der Waals surface area contributed by atoms with Crippen molar-refractivity contribution in [3.05, 3.63) is 58.9 Å². The van der Waals surface area contributed by atoms with Crippen LogP contribution in [0.1, 0.15) is 0 Å². The van der Waals surface area contributed by atoms with Gasteiger partial charge in [0.15, 0.2) is 11.6 Å². The molecule has 0 spiro atoms. The predicted molar refractivity (Wildman–Crippen MR) is 91.8 cm³/mol. The molecule has 1 heterocycles. The number of hydrogen-bond acceptors (Lipinski definition) is 4. The summed E-state index contributed by atoms with van der Waals surface area (Å²) in [5, 5.41) is -0.300. The first-order chi connectivity index (χ1) is 12.8. The highest BCUT2D eigenvalue weighted by molar-refractivity contribution is 7.89. The molecule has 0 amide bonds. The summed E-state index contributed by atoms with van der Waals surface area (Å²) in [6, 6.07) is 5.92. The Kier molecular flexibility index (Phi) is 5.95. The molecule has 146 valence electrons. The molecular formula is C17H15ClF3NO4S. The molecule has 27 heavy (non-hydrogen) atoms. The molecular weight excluding hydrogens is 407 g/mol. The topological polar surface area (TPSA) is 55.8 Å². The van der Waals surface area contributed by atoms with E-state index >= 15 is 0 Å². The highest BCUT2D eigenvalue weighted by atomic mass is 35.5. The summed E-state index contributed by atoms with van der Waals surface area (Å²) in [6.45, 7) is -0.0548. The standard InChI is InChI=1S/C17H15ClF3NO4S/c18-14-8-13(2-4-15(14)20)27(23,24)22-5-6-25-12(9-22)10-26-17-7-11(19)1-3-16(17)21/h1-4,7-8,12H,5-6,9-10H2. The molecule has 0 aliphatic carbocycles. The first-order valence-electron chi connectivity index (χ1n) is 7.92. The molecule has 1 atom stereocenters. The van der Waals surface area contributed by atoms with Crippen molar-refractivity contribution >= 4 is 21.6 Å². The fraction of sp³-hybridized carbons (Fsp3) is 0.294. The molecule has 2 aromatic rings. The Balaban J connectivity index is 1.69. The summed E-state index contributed by atoms with van der Waals surface area (Å²) in [7, 11) is -3.92. The Morgan fingerprint density at radius 2 is 1.89 bits per heavy atom. The Labute approximate surface area is 159 Å². The molecule has 2 aromatic carbocycles. The maximum absolute atomic E-state index is 13.6. The number of nitrogens with zero attached hydrogens (tertiary/aromatic N) is 1. The lowest BCUT2D eigenvalue weighted by molar-refractivity contribution is -0.0255. The van der Waals surface area contributed by atoms with E-state index in [1.807, 2.05) is 0 Å². The van der Waals surface area contributed by atoms with E-state index in [2.05, 4.69) is 0 Å². The molecule has 0 saturated carbocycles. The van der Waals surface area contributed by atoms with Gasteiger partial charge >= 0.3 is 0 Å². The zero-order valence-corrected chi connectivity index (χ0v) is 15.4. The van der Waals surface area contributed by atoms with Gasteiger partial charge in [-0.3, -0.25) is 0 Å². The lowest BCUT2D eigenvalue weighted by Gasteiger charge is -2.32. The van der Waals surface area contributed by atoms with Gasteiger partial charge in [0.1, 0.15) is 24.3 Å². The lowest BCUT2D eigenvalue weighted by Crippen LogP contribution is -2.47. The molecule has 1 saturated heterocycles. The van der Waals surface area contributed by atoms with Gasteiger partial charge in [-0.15, -0.1) is 0 Å². The largest absolute Gasteiger partial charge is 0.488 e. The van der Waals surface area contributed by atoms with Crippen LogP contribution in [-0.4, -0.2) is 45.1 Å². The van der Waals surface area contributed by atoms with E-state index in [-0.39, 0.29) is 42.0 Å². The maximum atomic E-state index is 13.6. The minimum absolute atomic E-state index is 0.0612. The highest BCUT2D eigenvalue weighted by Gasteiger charge is 2.31. The maximum Gasteiger partial charge on any atom is 0.243 e. The summed E-state index contributed by atoms with van der Waals surface area (Å²) in [5.74, 6) is -2.41. The van der Waals surface area contributed by atoms with Crippen molar-refractivity contribution in [1.29, 1.82) is 0 Å². The Morgan fingerprint density at radius 1 is 1.15 bits per heavy atom. The second-order valence-corrected chi connectivity index (χ2v) is 8.16. The van der Waals surface area contributed by atoms with Crippen molar-refractivity contribution in [3.8, 4) is 5.75 Å². The van der Waals surface area contributed by atoms with Gasteiger partial charge in [-0.05, 0) is 30.3 Å². The molecule has 0 N–H and O–H groups in total. The first-order valence-corrected chi connectivity index (χ1v) is 9.74. The second-order valence-electron chi connectivity index (χ2n) is 5.82. The fourth-order valence-electron chi connectivity index (χ4n) is 2.57. The van der Waals surface area contributed by atoms with E-state index in [9.17, 15) is 21.6 Å². The summed E-state index contributed by atoms with van der Waals surface area (Å²) in [6.07, 6.45) is -0.688. The molecule has 0 radical (unpaired) electrons. The summed E-state index contributed by atoms with van der Waals surface area (Å²) < 4.78 is 77.3. The third-order valence-electron chi connectivity index (χ3n) is 3.95. The van der Waals surface area contributed by atoms with Crippen LogP contribution in [0.15, 0.2) is 41.3 Å². The third-order valence-corrected chi connectivity index (χ3v) is 6.10. The lowest BCUT2D eigenvalue weighted by atomic mass is 10.3. The van der Waals surface area contributed by atoms with Crippen LogP contribution in [0.5, 0.6) is 5.75 Å². The molecule has 3 rings (SSSR count). The number of sulfonamides is 1. The van der Waals surface area contributed by atoms with Crippen LogP contribution in [0.2, 0.25) is 5.02 Å². The number of benzene rings is 2. The monoisotopic (exact) mass is 421 g/mol. The quantitative estimate of drug-likeness (QED) is 0.744. The van der Waals surface area contributed by atoms with Crippen LogP contribution in [0.4, 0.5) is 13.2 Å². The summed E-state index contributed by atoms with van der Waals surface area (Å²) in [4.78, 5) is -0.147. The van der Waals surface area contributed by atoms with Gasteiger partial charge in [0.05, 0.1) is 16.5 Å². The molecule has 10 heteroatoms. The van der Waals surface area contributed by atoms with Crippen LogP contribution >= 0.6 is 11.6 Å². The van der Waals surface area contributed by atoms with E-state index < -0.39 is 33.6 Å². The number of morpholine rings is 1. The van der Waals surface area contributed by atoms with E-state index in [4.69, 9.17) is 21.1 Å². The van der Waals surface area contributed by atoms with Gasteiger partial charge in [0.2, 0.25) is 10.0 Å². The van der Waals surface area contributed by atoms with Crippen molar-refractivity contribution in [2.24, 2.45) is 0 Å². The predicted octanol–water partition coefficient (Wildman–Crippen LogP) is 3.23. The Morgan fingerprint density at radius 3 is 2.63 bits per heavy atom. The molecule has 0 bridgehead atoms. The van der Waals surface area contributed by atoms with Crippen LogP contribution in [0.3, 0.4) is 0 Å². The summed E-state index contributed by atoms with van der Waals surface area (Å²) >= 11 is 5.66. The van der Waals surface area contributed by atoms with Gasteiger partial charge in [-0.2, -0.15) is 4.31 Å². The van der Waals surface area contributed by atoms with Gasteiger partial charge in [0, 0.05) is 19.2 Å². The summed E-state index contributed by atoms with van der Waals surface area (Å²) in [5.41, 5.74) is 0. The van der Waals surface area contributed by atoms with Crippen LogP contribution in [0, 0.1) is 17.5 Å². The molecule has 1 aliphatic heterocycles. The van der Waals surface area contributed by atoms with E-state index in [0.29, 0.717) is 0 Å². The minimum atomic E-state index is -3.92. The molecule has 0 aromatic heterocycles. The van der Waals surface area contributed by atoms with Gasteiger partial charge < -0.3 is 9.47 Å². The van der Waals surface area contributed by atoms with Crippen molar-refractivity contribution in [2.45, 2.75) is 11.0 Å². The highest BCUT2D eigenvalue weighted by Crippen LogP contribution is 2.24. The van der Waals surface area contributed by atoms with Gasteiger partial charge in [-0.25, -0.2) is 21.6 Å². The van der Waals surface area contributed by atoms with E-state index in [1.54, 1.807) is 0 Å². The molecule has 1 unspecified atom stereocenters. The number of halogens is 4. The van der Waals surface area contributed by atoms with E-state index in [0.717, 1.165) is 40.7 Å². The smallest absolute Gasteiger partial charge is 0.243 e. The van der Waals surface area contributed by atoms with E-state index in [1.165, 1.54) is 0 Å². The third kappa shape index (κ3) is 4.55. The molecule has 1 aliphatic rings. The second kappa shape index (κ2) is 8.05. The van der Waals surface area contributed by atoms with Crippen LogP contribution in [-0.2, 0) is 14.8 Å². The minimum Gasteiger partial charge on any atom is -0.488 e. The van der Waals surface area contributed by atoms with Crippen molar-refractivity contribution < 1.29 is 31.1 Å².